The number of likely N-dealkylation sites (tertiary alicyclic amines) is 1. The number of rotatable bonds is 9. The molecule has 1 amide bonds. The number of sulfonamides is 1. The number of piperidine rings is 1. The fourth-order valence-corrected chi connectivity index (χ4v) is 4.83. The first-order chi connectivity index (χ1) is 12.8. The molecular formula is C19H31N3O3S2. The van der Waals surface area contributed by atoms with E-state index in [1.165, 1.54) is 19.9 Å². The van der Waals surface area contributed by atoms with Crippen LogP contribution in [0.2, 0.25) is 0 Å². The Kier molecular flexibility index (Phi) is 8.60. The second-order valence-corrected chi connectivity index (χ2v) is 10.1. The van der Waals surface area contributed by atoms with Gasteiger partial charge in [-0.25, -0.2) is 8.42 Å². The average molecular weight is 414 g/mol. The fourth-order valence-electron chi connectivity index (χ4n) is 3.29. The first-order valence-corrected chi connectivity index (χ1v) is 12.1. The van der Waals surface area contributed by atoms with Crippen LogP contribution in [0.4, 0.5) is 0 Å². The van der Waals surface area contributed by atoms with E-state index in [0.717, 1.165) is 41.2 Å². The fraction of sp³-hybridized carbons (Fsp3) is 0.632. The van der Waals surface area contributed by atoms with Gasteiger partial charge in [-0.2, -0.15) is 4.31 Å². The van der Waals surface area contributed by atoms with Crippen LogP contribution in [0.15, 0.2) is 34.1 Å². The second kappa shape index (κ2) is 10.5. The summed E-state index contributed by atoms with van der Waals surface area (Å²) in [4.78, 5) is 15.7. The number of thioether (sulfide) groups is 1. The highest BCUT2D eigenvalue weighted by atomic mass is 32.2. The molecule has 152 valence electrons. The molecule has 1 aliphatic heterocycles. The third kappa shape index (κ3) is 6.78. The van der Waals surface area contributed by atoms with Gasteiger partial charge in [0.1, 0.15) is 0 Å². The zero-order valence-corrected chi connectivity index (χ0v) is 18.1. The van der Waals surface area contributed by atoms with E-state index in [1.54, 1.807) is 36.0 Å². The van der Waals surface area contributed by atoms with Crippen molar-refractivity contribution < 1.29 is 13.2 Å². The zero-order valence-electron chi connectivity index (χ0n) is 16.5. The van der Waals surface area contributed by atoms with Crippen LogP contribution in [0.3, 0.4) is 0 Å². The number of nitrogens with zero attached hydrogens (tertiary/aromatic N) is 2. The Balaban J connectivity index is 1.75. The summed E-state index contributed by atoms with van der Waals surface area (Å²) in [5.41, 5.74) is 0. The van der Waals surface area contributed by atoms with E-state index in [4.69, 9.17) is 0 Å². The van der Waals surface area contributed by atoms with Crippen LogP contribution >= 0.6 is 11.8 Å². The molecular weight excluding hydrogens is 382 g/mol. The first kappa shape index (κ1) is 22.2. The molecule has 0 aliphatic carbocycles. The summed E-state index contributed by atoms with van der Waals surface area (Å²) in [6.07, 6.45) is 5.36. The maximum absolute atomic E-state index is 12.6. The number of carbonyl (C=O) groups is 1. The summed E-state index contributed by atoms with van der Waals surface area (Å²) in [6.45, 7) is 5.91. The Morgan fingerprint density at radius 2 is 2.04 bits per heavy atom. The van der Waals surface area contributed by atoms with E-state index in [1.807, 2.05) is 6.26 Å². The van der Waals surface area contributed by atoms with Crippen LogP contribution in [-0.2, 0) is 14.8 Å². The van der Waals surface area contributed by atoms with Gasteiger partial charge in [-0.3, -0.25) is 4.79 Å². The molecule has 0 saturated carbocycles. The first-order valence-electron chi connectivity index (χ1n) is 9.42. The quantitative estimate of drug-likeness (QED) is 0.497. The maximum Gasteiger partial charge on any atom is 0.243 e. The van der Waals surface area contributed by atoms with E-state index in [0.29, 0.717) is 6.54 Å². The van der Waals surface area contributed by atoms with E-state index in [2.05, 4.69) is 17.1 Å². The van der Waals surface area contributed by atoms with Gasteiger partial charge in [0, 0.05) is 25.0 Å². The van der Waals surface area contributed by atoms with Crippen molar-refractivity contribution in [3.05, 3.63) is 24.3 Å². The van der Waals surface area contributed by atoms with Gasteiger partial charge in [-0.15, -0.1) is 11.8 Å². The molecule has 1 unspecified atom stereocenters. The molecule has 1 aliphatic rings. The minimum atomic E-state index is -3.66. The van der Waals surface area contributed by atoms with Crippen molar-refractivity contribution in [2.45, 2.75) is 36.0 Å². The summed E-state index contributed by atoms with van der Waals surface area (Å²) in [6, 6.07) is 6.70. The van der Waals surface area contributed by atoms with E-state index < -0.39 is 10.0 Å². The molecule has 8 heteroatoms. The molecule has 0 bridgehead atoms. The van der Waals surface area contributed by atoms with Crippen LogP contribution in [0.1, 0.15) is 26.2 Å². The number of benzene rings is 1. The van der Waals surface area contributed by atoms with E-state index >= 15 is 0 Å². The lowest BCUT2D eigenvalue weighted by Crippen LogP contribution is -2.40. The molecule has 0 radical (unpaired) electrons. The van der Waals surface area contributed by atoms with Crippen LogP contribution in [0.5, 0.6) is 0 Å². The number of likely N-dealkylation sites (N-methyl/N-ethyl adjacent to an activating group) is 1. The van der Waals surface area contributed by atoms with Crippen molar-refractivity contribution in [1.82, 2.24) is 14.5 Å². The Morgan fingerprint density at radius 3 is 2.67 bits per heavy atom. The van der Waals surface area contributed by atoms with Gasteiger partial charge in [0.05, 0.1) is 11.4 Å². The Labute approximate surface area is 167 Å². The second-order valence-electron chi connectivity index (χ2n) is 7.19. The van der Waals surface area contributed by atoms with Crippen molar-refractivity contribution >= 4 is 27.7 Å². The van der Waals surface area contributed by atoms with Crippen molar-refractivity contribution in [3.63, 3.8) is 0 Å². The van der Waals surface area contributed by atoms with Crippen molar-refractivity contribution in [2.75, 3.05) is 46.0 Å². The van der Waals surface area contributed by atoms with Crippen LogP contribution in [-0.4, -0.2) is 69.6 Å². The van der Waals surface area contributed by atoms with Crippen molar-refractivity contribution in [2.24, 2.45) is 5.92 Å². The summed E-state index contributed by atoms with van der Waals surface area (Å²) in [5, 5.41) is 2.83. The number of hydrogen-bond donors (Lipinski definition) is 1. The minimum absolute atomic E-state index is 0.173. The molecule has 2 rings (SSSR count). The number of nitrogens with one attached hydrogen (secondary N) is 1. The van der Waals surface area contributed by atoms with Gasteiger partial charge in [0.15, 0.2) is 0 Å². The van der Waals surface area contributed by atoms with Crippen LogP contribution < -0.4 is 5.32 Å². The Morgan fingerprint density at radius 1 is 1.33 bits per heavy atom. The Bertz CT molecular complexity index is 707. The van der Waals surface area contributed by atoms with E-state index in [9.17, 15) is 13.2 Å². The predicted molar refractivity (Wildman–Crippen MR) is 111 cm³/mol. The lowest BCUT2D eigenvalue weighted by Gasteiger charge is -2.30. The third-order valence-corrected chi connectivity index (χ3v) is 7.41. The molecule has 1 aromatic rings. The zero-order chi connectivity index (χ0) is 19.9. The van der Waals surface area contributed by atoms with Gasteiger partial charge in [-0.1, -0.05) is 6.92 Å². The molecule has 0 aromatic heterocycles. The Hall–Kier alpha value is -1.09. The minimum Gasteiger partial charge on any atom is -0.355 e. The number of carbonyl (C=O) groups excluding carboxylic acids is 1. The van der Waals surface area contributed by atoms with Gasteiger partial charge in [-0.05, 0) is 68.8 Å². The lowest BCUT2D eigenvalue weighted by atomic mass is 10.0. The monoisotopic (exact) mass is 413 g/mol. The third-order valence-electron chi connectivity index (χ3n) is 4.85. The molecule has 1 aromatic carbocycles. The van der Waals surface area contributed by atoms with Crippen molar-refractivity contribution in [1.29, 1.82) is 0 Å². The van der Waals surface area contributed by atoms with E-state index in [-0.39, 0.29) is 17.3 Å². The molecule has 1 heterocycles. The summed E-state index contributed by atoms with van der Waals surface area (Å²) in [7, 11) is -2.22. The summed E-state index contributed by atoms with van der Waals surface area (Å²) in [5.74, 6) is 0.478. The van der Waals surface area contributed by atoms with Gasteiger partial charge < -0.3 is 10.2 Å². The topological polar surface area (TPSA) is 69.7 Å². The highest BCUT2D eigenvalue weighted by Crippen LogP contribution is 2.19. The summed E-state index contributed by atoms with van der Waals surface area (Å²) < 4.78 is 26.2. The lowest BCUT2D eigenvalue weighted by molar-refractivity contribution is -0.121. The highest BCUT2D eigenvalue weighted by Gasteiger charge is 2.23. The molecule has 6 nitrogen and oxygen atoms in total. The summed E-state index contributed by atoms with van der Waals surface area (Å²) >= 11 is 1.55. The number of amides is 1. The average Bonchev–Trinajstić information content (AvgIpc) is 2.65. The maximum atomic E-state index is 12.6. The molecule has 0 spiro atoms. The molecule has 1 atom stereocenters. The standard InChI is InChI=1S/C19H31N3O3S2/c1-16-6-4-12-22(14-16)13-5-11-20-19(23)15-21(2)27(24,25)18-9-7-17(26-3)8-10-18/h7-10,16H,4-6,11-15H2,1-3H3,(H,20,23). The molecule has 1 saturated heterocycles. The normalized spacial score (nSPS) is 18.6. The predicted octanol–water partition coefficient (Wildman–Crippen LogP) is 2.27. The molecule has 27 heavy (non-hydrogen) atoms. The largest absolute Gasteiger partial charge is 0.355 e. The van der Waals surface area contributed by atoms with Gasteiger partial charge >= 0.3 is 0 Å². The van der Waals surface area contributed by atoms with Crippen LogP contribution in [0, 0.1) is 5.92 Å². The van der Waals surface area contributed by atoms with Gasteiger partial charge in [0.2, 0.25) is 15.9 Å². The SMILES string of the molecule is CSc1ccc(S(=O)(=O)N(C)CC(=O)NCCCN2CCCC(C)C2)cc1. The highest BCUT2D eigenvalue weighted by molar-refractivity contribution is 7.98. The van der Waals surface area contributed by atoms with Gasteiger partial charge in [0.25, 0.3) is 0 Å². The smallest absolute Gasteiger partial charge is 0.243 e. The molecule has 1 N–H and O–H groups in total. The van der Waals surface area contributed by atoms with Crippen LogP contribution in [0.25, 0.3) is 0 Å². The molecule has 1 fully saturated rings. The number of hydrogen-bond acceptors (Lipinski definition) is 5. The van der Waals surface area contributed by atoms with Crippen molar-refractivity contribution in [3.8, 4) is 0 Å².